The first-order valence-electron chi connectivity index (χ1n) is 6.54. The Labute approximate surface area is 101 Å². The summed E-state index contributed by atoms with van der Waals surface area (Å²) in [4.78, 5) is 2.21. The molecule has 0 aliphatic heterocycles. The number of hydrogen-bond donors (Lipinski definition) is 1. The Balaban J connectivity index is 2.29. The first-order valence-corrected chi connectivity index (χ1v) is 6.54. The van der Waals surface area contributed by atoms with Gasteiger partial charge in [-0.25, -0.2) is 0 Å². The second-order valence-electron chi connectivity index (χ2n) is 4.84. The fraction of sp³-hybridized carbons (Fsp3) is 1.00. The van der Waals surface area contributed by atoms with Gasteiger partial charge in [0.05, 0.1) is 0 Å². The van der Waals surface area contributed by atoms with Crippen molar-refractivity contribution < 1.29 is 13.2 Å². The Kier molecular flexibility index (Phi) is 6.27. The van der Waals surface area contributed by atoms with Gasteiger partial charge < -0.3 is 10.6 Å². The number of nitrogens with two attached hydrogens (primary N) is 1. The third-order valence-electron chi connectivity index (χ3n) is 3.40. The van der Waals surface area contributed by atoms with Crippen LogP contribution >= 0.6 is 0 Å². The van der Waals surface area contributed by atoms with Crippen LogP contribution in [-0.4, -0.2) is 36.8 Å². The van der Waals surface area contributed by atoms with Gasteiger partial charge in [-0.3, -0.25) is 0 Å². The quantitative estimate of drug-likeness (QED) is 0.755. The molecule has 0 aromatic heterocycles. The van der Waals surface area contributed by atoms with E-state index in [1.165, 1.54) is 12.8 Å². The average Bonchev–Trinajstić information content (AvgIpc) is 2.74. The molecular formula is C12H23F3N2. The maximum atomic E-state index is 12.1. The first-order chi connectivity index (χ1) is 8.03. The van der Waals surface area contributed by atoms with Crippen LogP contribution in [0.2, 0.25) is 0 Å². The van der Waals surface area contributed by atoms with E-state index in [2.05, 4.69) is 4.90 Å². The lowest BCUT2D eigenvalue weighted by Gasteiger charge is -2.28. The lowest BCUT2D eigenvalue weighted by molar-refractivity contribution is -0.136. The topological polar surface area (TPSA) is 29.3 Å². The van der Waals surface area contributed by atoms with Gasteiger partial charge >= 0.3 is 6.18 Å². The molecule has 0 heterocycles. The van der Waals surface area contributed by atoms with E-state index in [1.807, 2.05) is 0 Å². The van der Waals surface area contributed by atoms with Crippen LogP contribution in [-0.2, 0) is 0 Å². The normalized spacial score (nSPS) is 18.2. The average molecular weight is 252 g/mol. The minimum absolute atomic E-state index is 0.213. The first kappa shape index (κ1) is 14.8. The predicted molar refractivity (Wildman–Crippen MR) is 62.8 cm³/mol. The molecule has 5 heteroatoms. The van der Waals surface area contributed by atoms with Gasteiger partial charge in [-0.1, -0.05) is 12.8 Å². The molecule has 17 heavy (non-hydrogen) atoms. The van der Waals surface area contributed by atoms with E-state index in [4.69, 9.17) is 5.73 Å². The molecule has 1 saturated carbocycles. The van der Waals surface area contributed by atoms with E-state index in [9.17, 15) is 13.2 Å². The Bertz CT molecular complexity index is 200. The van der Waals surface area contributed by atoms with Crippen molar-refractivity contribution in [3.05, 3.63) is 0 Å². The summed E-state index contributed by atoms with van der Waals surface area (Å²) in [5, 5.41) is 0. The molecule has 0 unspecified atom stereocenters. The van der Waals surface area contributed by atoms with E-state index in [1.54, 1.807) is 0 Å². The molecule has 0 saturated heterocycles. The number of alkyl halides is 3. The van der Waals surface area contributed by atoms with E-state index >= 15 is 0 Å². The maximum Gasteiger partial charge on any atom is 0.389 e. The number of halogens is 3. The highest BCUT2D eigenvalue weighted by Gasteiger charge is 2.28. The molecule has 0 aromatic carbocycles. The van der Waals surface area contributed by atoms with Crippen LogP contribution in [0.4, 0.5) is 13.2 Å². The standard InChI is InChI=1S/C12H23F3N2/c13-12(14,15)7-3-9-17(10-4-8-16)11-5-1-2-6-11/h11H,1-10,16H2. The summed E-state index contributed by atoms with van der Waals surface area (Å²) in [5.74, 6) is 0. The molecule has 2 N–H and O–H groups in total. The van der Waals surface area contributed by atoms with Crippen molar-refractivity contribution in [2.24, 2.45) is 5.73 Å². The molecule has 2 nitrogen and oxygen atoms in total. The van der Waals surface area contributed by atoms with Crippen LogP contribution in [0.15, 0.2) is 0 Å². The zero-order valence-corrected chi connectivity index (χ0v) is 10.3. The van der Waals surface area contributed by atoms with E-state index in [-0.39, 0.29) is 6.42 Å². The van der Waals surface area contributed by atoms with E-state index in [0.29, 0.717) is 19.1 Å². The highest BCUT2D eigenvalue weighted by molar-refractivity contribution is 4.77. The lowest BCUT2D eigenvalue weighted by atomic mass is 10.1. The third kappa shape index (κ3) is 6.27. The summed E-state index contributed by atoms with van der Waals surface area (Å²) in [7, 11) is 0. The Morgan fingerprint density at radius 1 is 1.06 bits per heavy atom. The molecule has 1 aliphatic carbocycles. The molecule has 1 aliphatic rings. The summed E-state index contributed by atoms with van der Waals surface area (Å²) in [5.41, 5.74) is 5.47. The van der Waals surface area contributed by atoms with Crippen LogP contribution in [0.1, 0.15) is 44.9 Å². The minimum atomic E-state index is -4.02. The Morgan fingerprint density at radius 3 is 2.18 bits per heavy atom. The Hall–Kier alpha value is -0.290. The minimum Gasteiger partial charge on any atom is -0.330 e. The largest absolute Gasteiger partial charge is 0.389 e. The van der Waals surface area contributed by atoms with Crippen molar-refractivity contribution in [1.29, 1.82) is 0 Å². The van der Waals surface area contributed by atoms with Crippen LogP contribution in [0.25, 0.3) is 0 Å². The highest BCUT2D eigenvalue weighted by atomic mass is 19.4. The van der Waals surface area contributed by atoms with Crippen molar-refractivity contribution in [3.63, 3.8) is 0 Å². The zero-order valence-electron chi connectivity index (χ0n) is 10.3. The van der Waals surface area contributed by atoms with Gasteiger partial charge in [0.1, 0.15) is 0 Å². The summed E-state index contributed by atoms with van der Waals surface area (Å²) < 4.78 is 36.3. The second-order valence-corrected chi connectivity index (χ2v) is 4.84. The van der Waals surface area contributed by atoms with Gasteiger partial charge in [0.25, 0.3) is 0 Å². The van der Waals surface area contributed by atoms with E-state index in [0.717, 1.165) is 25.8 Å². The lowest BCUT2D eigenvalue weighted by Crippen LogP contribution is -2.36. The van der Waals surface area contributed by atoms with Crippen LogP contribution in [0, 0.1) is 0 Å². The summed E-state index contributed by atoms with van der Waals surface area (Å²) in [6.45, 7) is 2.02. The number of nitrogens with zero attached hydrogens (tertiary/aromatic N) is 1. The second kappa shape index (κ2) is 7.21. The van der Waals surface area contributed by atoms with Crippen LogP contribution < -0.4 is 5.73 Å². The fourth-order valence-corrected chi connectivity index (χ4v) is 2.52. The molecule has 102 valence electrons. The molecular weight excluding hydrogens is 229 g/mol. The van der Waals surface area contributed by atoms with Crippen molar-refractivity contribution in [2.75, 3.05) is 19.6 Å². The molecule has 0 spiro atoms. The molecule has 0 aromatic rings. The Morgan fingerprint density at radius 2 is 1.65 bits per heavy atom. The fourth-order valence-electron chi connectivity index (χ4n) is 2.52. The predicted octanol–water partition coefficient (Wildman–Crippen LogP) is 2.92. The van der Waals surface area contributed by atoms with Gasteiger partial charge in [-0.2, -0.15) is 13.2 Å². The molecule has 1 fully saturated rings. The number of rotatable bonds is 7. The van der Waals surface area contributed by atoms with Gasteiger partial charge in [0, 0.05) is 12.5 Å². The van der Waals surface area contributed by atoms with Crippen molar-refractivity contribution in [1.82, 2.24) is 4.90 Å². The maximum absolute atomic E-state index is 12.1. The van der Waals surface area contributed by atoms with Crippen LogP contribution in [0.5, 0.6) is 0 Å². The van der Waals surface area contributed by atoms with Gasteiger partial charge in [-0.05, 0) is 45.3 Å². The van der Waals surface area contributed by atoms with Gasteiger partial charge in [-0.15, -0.1) is 0 Å². The SMILES string of the molecule is NCCCN(CCCC(F)(F)F)C1CCCC1. The zero-order chi connectivity index (χ0) is 12.7. The van der Waals surface area contributed by atoms with Crippen LogP contribution in [0.3, 0.4) is 0 Å². The summed E-state index contributed by atoms with van der Waals surface area (Å²) in [6.07, 6.45) is 1.10. The molecule has 0 atom stereocenters. The van der Waals surface area contributed by atoms with E-state index < -0.39 is 12.6 Å². The van der Waals surface area contributed by atoms with Crippen molar-refractivity contribution >= 4 is 0 Å². The smallest absolute Gasteiger partial charge is 0.330 e. The highest BCUT2D eigenvalue weighted by Crippen LogP contribution is 2.26. The van der Waals surface area contributed by atoms with Gasteiger partial charge in [0.2, 0.25) is 0 Å². The molecule has 0 amide bonds. The summed E-state index contributed by atoms with van der Waals surface area (Å²) >= 11 is 0. The summed E-state index contributed by atoms with van der Waals surface area (Å²) in [6, 6.07) is 0.495. The third-order valence-corrected chi connectivity index (χ3v) is 3.40. The monoisotopic (exact) mass is 252 g/mol. The molecule has 0 bridgehead atoms. The van der Waals surface area contributed by atoms with Crippen molar-refractivity contribution in [2.45, 2.75) is 57.2 Å². The van der Waals surface area contributed by atoms with Crippen molar-refractivity contribution in [3.8, 4) is 0 Å². The van der Waals surface area contributed by atoms with Gasteiger partial charge in [0.15, 0.2) is 0 Å². The molecule has 0 radical (unpaired) electrons. The number of hydrogen-bond acceptors (Lipinski definition) is 2. The molecule has 1 rings (SSSR count).